The number of methoxy groups -OCH3 is 1. The zero-order chi connectivity index (χ0) is 7.56. The number of nitrogens with one attached hydrogen (secondary N) is 1. The highest BCUT2D eigenvalue weighted by atomic mass is 16.5. The van der Waals surface area contributed by atoms with Gasteiger partial charge in [0, 0.05) is 0 Å². The number of esters is 1. The molecule has 1 heterocycles. The number of hydrogen-bond acceptors (Lipinski definition) is 4. The molecule has 0 saturated carbocycles. The fourth-order valence-electron chi connectivity index (χ4n) is 0.484. The minimum Gasteiger partial charge on any atom is -0.463 e. The lowest BCUT2D eigenvalue weighted by Gasteiger charge is -1.88. The molecule has 1 rings (SSSR count). The van der Waals surface area contributed by atoms with Gasteiger partial charge < -0.3 is 9.15 Å². The van der Waals surface area contributed by atoms with Crippen LogP contribution in [0.5, 0.6) is 0 Å². The van der Waals surface area contributed by atoms with Crippen LogP contribution < -0.4 is 5.76 Å². The van der Waals surface area contributed by atoms with Crippen LogP contribution in [0.3, 0.4) is 0 Å². The van der Waals surface area contributed by atoms with E-state index in [2.05, 4.69) is 14.1 Å². The van der Waals surface area contributed by atoms with Gasteiger partial charge in [0.25, 0.3) is 0 Å². The third-order valence-electron chi connectivity index (χ3n) is 0.910. The molecule has 0 bridgehead atoms. The lowest BCUT2D eigenvalue weighted by atomic mass is 10.5. The first-order valence-corrected chi connectivity index (χ1v) is 2.51. The number of oxazole rings is 1. The lowest BCUT2D eigenvalue weighted by Crippen LogP contribution is -1.99. The summed E-state index contributed by atoms with van der Waals surface area (Å²) in [5.74, 6) is -1.45. The maximum Gasteiger partial charge on any atom is 0.417 e. The molecule has 1 aromatic heterocycles. The van der Waals surface area contributed by atoms with E-state index in [-0.39, 0.29) is 5.76 Å². The van der Waals surface area contributed by atoms with Gasteiger partial charge in [-0.25, -0.2) is 9.59 Å². The number of H-pyrrole nitrogens is 1. The summed E-state index contributed by atoms with van der Waals surface area (Å²) in [5, 5.41) is 0. The van der Waals surface area contributed by atoms with Gasteiger partial charge in [-0.15, -0.1) is 0 Å². The monoisotopic (exact) mass is 143 g/mol. The first-order chi connectivity index (χ1) is 4.74. The van der Waals surface area contributed by atoms with Gasteiger partial charge in [-0.1, -0.05) is 0 Å². The second kappa shape index (κ2) is 2.38. The minimum atomic E-state index is -0.668. The lowest BCUT2D eigenvalue weighted by molar-refractivity contribution is 0.0563. The predicted molar refractivity (Wildman–Crippen MR) is 30.7 cm³/mol. The zero-order valence-corrected chi connectivity index (χ0v) is 5.21. The van der Waals surface area contributed by atoms with Crippen molar-refractivity contribution in [3.63, 3.8) is 0 Å². The molecule has 0 aromatic carbocycles. The Kier molecular flexibility index (Phi) is 1.57. The number of carbonyl (C=O) groups is 1. The Hall–Kier alpha value is -1.52. The Balaban J connectivity index is 2.95. The summed E-state index contributed by atoms with van der Waals surface area (Å²) < 4.78 is 8.61. The van der Waals surface area contributed by atoms with Crippen LogP contribution in [0, 0.1) is 0 Å². The molecule has 5 nitrogen and oxygen atoms in total. The van der Waals surface area contributed by atoms with Gasteiger partial charge in [0.15, 0.2) is 0 Å². The summed E-state index contributed by atoms with van der Waals surface area (Å²) in [4.78, 5) is 23.0. The quantitative estimate of drug-likeness (QED) is 0.550. The summed E-state index contributed by atoms with van der Waals surface area (Å²) in [6, 6.07) is 0. The molecule has 0 atom stereocenters. The number of aromatic nitrogens is 1. The number of aromatic amines is 1. The van der Waals surface area contributed by atoms with Gasteiger partial charge in [0.2, 0.25) is 5.76 Å². The Morgan fingerprint density at radius 1 is 1.80 bits per heavy atom. The fraction of sp³-hybridized carbons (Fsp3) is 0.200. The molecule has 0 radical (unpaired) electrons. The molecule has 0 spiro atoms. The Bertz CT molecular complexity index is 284. The van der Waals surface area contributed by atoms with E-state index < -0.39 is 11.7 Å². The minimum absolute atomic E-state index is 0.118. The number of rotatable bonds is 1. The molecular weight excluding hydrogens is 138 g/mol. The molecule has 5 heteroatoms. The van der Waals surface area contributed by atoms with Crippen LogP contribution in [0.2, 0.25) is 0 Å². The van der Waals surface area contributed by atoms with Gasteiger partial charge >= 0.3 is 11.7 Å². The highest BCUT2D eigenvalue weighted by Crippen LogP contribution is 1.93. The van der Waals surface area contributed by atoms with Crippen molar-refractivity contribution in [3.05, 3.63) is 22.5 Å². The second-order valence-corrected chi connectivity index (χ2v) is 1.53. The van der Waals surface area contributed by atoms with Crippen LogP contribution in [0.15, 0.2) is 15.4 Å². The van der Waals surface area contributed by atoms with E-state index in [1.807, 2.05) is 0 Å². The van der Waals surface area contributed by atoms with Crippen LogP contribution in [-0.2, 0) is 4.74 Å². The highest BCUT2D eigenvalue weighted by molar-refractivity contribution is 5.85. The van der Waals surface area contributed by atoms with E-state index in [4.69, 9.17) is 0 Å². The zero-order valence-electron chi connectivity index (χ0n) is 5.21. The van der Waals surface area contributed by atoms with E-state index >= 15 is 0 Å². The average Bonchev–Trinajstić information content (AvgIpc) is 2.34. The number of hydrogen-bond donors (Lipinski definition) is 1. The van der Waals surface area contributed by atoms with Crippen LogP contribution >= 0.6 is 0 Å². The third-order valence-corrected chi connectivity index (χ3v) is 0.910. The van der Waals surface area contributed by atoms with E-state index in [0.29, 0.717) is 0 Å². The van der Waals surface area contributed by atoms with Gasteiger partial charge in [-0.3, -0.25) is 4.98 Å². The normalized spacial score (nSPS) is 9.30. The molecule has 10 heavy (non-hydrogen) atoms. The van der Waals surface area contributed by atoms with Crippen LogP contribution in [0.1, 0.15) is 10.6 Å². The van der Waals surface area contributed by atoms with E-state index in [1.54, 1.807) is 0 Å². The molecule has 0 aliphatic carbocycles. The molecule has 0 amide bonds. The smallest absolute Gasteiger partial charge is 0.417 e. The highest BCUT2D eigenvalue weighted by Gasteiger charge is 2.08. The number of carbonyl (C=O) groups excluding carboxylic acids is 1. The Morgan fingerprint density at radius 3 is 2.90 bits per heavy atom. The fourth-order valence-corrected chi connectivity index (χ4v) is 0.484. The van der Waals surface area contributed by atoms with Crippen molar-refractivity contribution in [1.29, 1.82) is 0 Å². The van der Waals surface area contributed by atoms with Gasteiger partial charge in [0.1, 0.15) is 0 Å². The molecule has 0 fully saturated rings. The molecule has 54 valence electrons. The molecule has 0 saturated heterocycles. The Labute approximate surface area is 55.6 Å². The number of ether oxygens (including phenoxy) is 1. The van der Waals surface area contributed by atoms with Crippen molar-refractivity contribution in [1.82, 2.24) is 4.98 Å². The molecular formula is C5H5NO4. The van der Waals surface area contributed by atoms with Gasteiger partial charge in [-0.2, -0.15) is 0 Å². The van der Waals surface area contributed by atoms with E-state index in [9.17, 15) is 9.59 Å². The van der Waals surface area contributed by atoms with Crippen molar-refractivity contribution in [3.8, 4) is 0 Å². The topological polar surface area (TPSA) is 72.3 Å². The molecule has 0 unspecified atom stereocenters. The maximum absolute atomic E-state index is 10.6. The van der Waals surface area contributed by atoms with Crippen molar-refractivity contribution >= 4 is 5.97 Å². The molecule has 0 aliphatic heterocycles. The van der Waals surface area contributed by atoms with E-state index in [1.165, 1.54) is 7.11 Å². The summed E-state index contributed by atoms with van der Waals surface area (Å²) >= 11 is 0. The predicted octanol–water partition coefficient (Wildman–Crippen LogP) is -0.245. The first-order valence-electron chi connectivity index (χ1n) is 2.51. The van der Waals surface area contributed by atoms with Gasteiger partial charge in [-0.05, 0) is 0 Å². The van der Waals surface area contributed by atoms with Crippen molar-refractivity contribution in [2.45, 2.75) is 0 Å². The third kappa shape index (κ3) is 1.07. The first kappa shape index (κ1) is 6.60. The summed E-state index contributed by atoms with van der Waals surface area (Å²) in [7, 11) is 1.20. The SMILES string of the molecule is COC(=O)c1c[nH]c(=O)o1. The largest absolute Gasteiger partial charge is 0.463 e. The molecule has 0 aliphatic rings. The van der Waals surface area contributed by atoms with Crippen molar-refractivity contribution in [2.24, 2.45) is 0 Å². The van der Waals surface area contributed by atoms with E-state index in [0.717, 1.165) is 6.20 Å². The second-order valence-electron chi connectivity index (χ2n) is 1.53. The molecule has 1 N–H and O–H groups in total. The summed E-state index contributed by atoms with van der Waals surface area (Å²) in [5.41, 5.74) is 0. The summed E-state index contributed by atoms with van der Waals surface area (Å²) in [6.45, 7) is 0. The standard InChI is InChI=1S/C5H5NO4/c1-9-4(7)3-2-6-5(8)10-3/h2H,1H3,(H,6,8). The summed E-state index contributed by atoms with van der Waals surface area (Å²) in [6.07, 6.45) is 1.15. The Morgan fingerprint density at radius 2 is 2.50 bits per heavy atom. The van der Waals surface area contributed by atoms with Crippen LogP contribution in [0.4, 0.5) is 0 Å². The van der Waals surface area contributed by atoms with Crippen molar-refractivity contribution < 1.29 is 13.9 Å². The van der Waals surface area contributed by atoms with Crippen LogP contribution in [-0.4, -0.2) is 18.1 Å². The molecule has 1 aromatic rings. The maximum atomic E-state index is 10.6. The average molecular weight is 143 g/mol. The van der Waals surface area contributed by atoms with Gasteiger partial charge in [0.05, 0.1) is 13.3 Å². The van der Waals surface area contributed by atoms with Crippen molar-refractivity contribution in [2.75, 3.05) is 7.11 Å². The van der Waals surface area contributed by atoms with Crippen LogP contribution in [0.25, 0.3) is 0 Å².